The summed E-state index contributed by atoms with van der Waals surface area (Å²) in [5.41, 5.74) is 0.644. The van der Waals surface area contributed by atoms with Crippen LogP contribution in [-0.2, 0) is 4.79 Å². The van der Waals surface area contributed by atoms with Crippen LogP contribution in [0.1, 0.15) is 5.76 Å². The number of methoxy groups -OCH3 is 1. The van der Waals surface area contributed by atoms with E-state index in [4.69, 9.17) is 21.4 Å². The lowest BCUT2D eigenvalue weighted by molar-refractivity contribution is -0.113. The van der Waals surface area contributed by atoms with Gasteiger partial charge in [0.15, 0.2) is 4.32 Å². The van der Waals surface area contributed by atoms with Crippen LogP contribution in [0.15, 0.2) is 52.0 Å². The van der Waals surface area contributed by atoms with Crippen molar-refractivity contribution in [2.45, 2.75) is 0 Å². The third-order valence-corrected chi connectivity index (χ3v) is 4.24. The number of ether oxygens (including phenoxy) is 1. The van der Waals surface area contributed by atoms with Gasteiger partial charge >= 0.3 is 0 Å². The van der Waals surface area contributed by atoms with E-state index >= 15 is 0 Å². The van der Waals surface area contributed by atoms with Crippen LogP contribution >= 0.6 is 24.0 Å². The minimum atomic E-state index is -0.175. The number of benzene rings is 1. The maximum Gasteiger partial charge on any atom is 0.271 e. The van der Waals surface area contributed by atoms with Crippen LogP contribution in [0.3, 0.4) is 0 Å². The highest BCUT2D eigenvalue weighted by atomic mass is 32.2. The summed E-state index contributed by atoms with van der Waals surface area (Å²) < 4.78 is 11.0. The Morgan fingerprint density at radius 3 is 2.81 bits per heavy atom. The van der Waals surface area contributed by atoms with E-state index in [1.807, 2.05) is 12.1 Å². The molecule has 3 rings (SSSR count). The number of hydrogen-bond acceptors (Lipinski definition) is 5. The molecule has 1 aromatic carbocycles. The lowest BCUT2D eigenvalue weighted by Crippen LogP contribution is -2.27. The van der Waals surface area contributed by atoms with E-state index in [2.05, 4.69) is 0 Å². The second-order valence-electron chi connectivity index (χ2n) is 4.20. The molecule has 106 valence electrons. The van der Waals surface area contributed by atoms with Crippen molar-refractivity contribution in [3.63, 3.8) is 0 Å². The van der Waals surface area contributed by atoms with E-state index in [9.17, 15) is 4.79 Å². The second-order valence-corrected chi connectivity index (χ2v) is 5.88. The van der Waals surface area contributed by atoms with Crippen molar-refractivity contribution >= 4 is 46.0 Å². The average Bonchev–Trinajstić information content (AvgIpc) is 3.09. The van der Waals surface area contributed by atoms with Gasteiger partial charge in [0, 0.05) is 6.08 Å². The van der Waals surface area contributed by atoms with Crippen molar-refractivity contribution in [3.8, 4) is 5.75 Å². The normalized spacial score (nSPS) is 16.8. The number of amides is 1. The first kappa shape index (κ1) is 13.9. The van der Waals surface area contributed by atoms with Gasteiger partial charge in [-0.25, -0.2) is 0 Å². The Bertz CT molecular complexity index is 722. The van der Waals surface area contributed by atoms with Gasteiger partial charge in [0.1, 0.15) is 11.5 Å². The van der Waals surface area contributed by atoms with Crippen LogP contribution in [0.25, 0.3) is 6.08 Å². The standard InChI is InChI=1S/C15H11NO3S2/c1-18-12-7-3-2-6-11(12)16-14(17)13(21-15(16)20)9-10-5-4-8-19-10/h2-9H,1H3. The quantitative estimate of drug-likeness (QED) is 0.638. The Balaban J connectivity index is 1.98. The van der Waals surface area contributed by atoms with Gasteiger partial charge in [-0.05, 0) is 24.3 Å². The van der Waals surface area contributed by atoms with Crippen LogP contribution in [0.5, 0.6) is 5.75 Å². The molecule has 1 fully saturated rings. The minimum absolute atomic E-state index is 0.175. The van der Waals surface area contributed by atoms with Crippen LogP contribution in [0, 0.1) is 0 Å². The Kier molecular flexibility index (Phi) is 3.81. The van der Waals surface area contributed by atoms with Crippen LogP contribution < -0.4 is 9.64 Å². The molecule has 0 radical (unpaired) electrons. The number of carbonyl (C=O) groups is 1. The van der Waals surface area contributed by atoms with Crippen LogP contribution in [0.4, 0.5) is 5.69 Å². The summed E-state index contributed by atoms with van der Waals surface area (Å²) >= 11 is 6.57. The minimum Gasteiger partial charge on any atom is -0.495 e. The Morgan fingerprint density at radius 2 is 2.10 bits per heavy atom. The highest BCUT2D eigenvalue weighted by Crippen LogP contribution is 2.39. The third kappa shape index (κ3) is 2.59. The molecule has 1 aliphatic rings. The van der Waals surface area contributed by atoms with Crippen molar-refractivity contribution in [1.82, 2.24) is 0 Å². The zero-order valence-electron chi connectivity index (χ0n) is 11.1. The third-order valence-electron chi connectivity index (χ3n) is 2.94. The molecule has 0 N–H and O–H groups in total. The summed E-state index contributed by atoms with van der Waals surface area (Å²) in [6.45, 7) is 0. The summed E-state index contributed by atoms with van der Waals surface area (Å²) in [6.07, 6.45) is 3.25. The number of carbonyl (C=O) groups excluding carboxylic acids is 1. The number of furan rings is 1. The number of nitrogens with zero attached hydrogens (tertiary/aromatic N) is 1. The monoisotopic (exact) mass is 317 g/mol. The fraction of sp³-hybridized carbons (Fsp3) is 0.0667. The zero-order valence-corrected chi connectivity index (χ0v) is 12.7. The summed E-state index contributed by atoms with van der Waals surface area (Å²) in [4.78, 5) is 14.6. The molecule has 4 nitrogen and oxygen atoms in total. The van der Waals surface area contributed by atoms with Crippen molar-refractivity contribution in [2.24, 2.45) is 0 Å². The number of rotatable bonds is 3. The molecule has 1 aliphatic heterocycles. The van der Waals surface area contributed by atoms with Gasteiger partial charge in [-0.15, -0.1) is 0 Å². The Hall–Kier alpha value is -2.05. The molecule has 0 aliphatic carbocycles. The van der Waals surface area contributed by atoms with Gasteiger partial charge in [-0.2, -0.15) is 0 Å². The van der Waals surface area contributed by atoms with Crippen molar-refractivity contribution in [1.29, 1.82) is 0 Å². The molecule has 0 bridgehead atoms. The fourth-order valence-corrected chi connectivity index (χ4v) is 3.26. The predicted molar refractivity (Wildman–Crippen MR) is 87.4 cm³/mol. The van der Waals surface area contributed by atoms with Crippen molar-refractivity contribution in [3.05, 3.63) is 53.3 Å². The first-order chi connectivity index (χ1) is 10.2. The summed E-state index contributed by atoms with van der Waals surface area (Å²) in [7, 11) is 1.56. The van der Waals surface area contributed by atoms with Crippen LogP contribution in [0.2, 0.25) is 0 Å². The maximum absolute atomic E-state index is 12.6. The number of thioether (sulfide) groups is 1. The largest absolute Gasteiger partial charge is 0.495 e. The molecule has 0 unspecified atom stereocenters. The van der Waals surface area contributed by atoms with E-state index in [0.29, 0.717) is 26.4 Å². The SMILES string of the molecule is COc1ccccc1N1C(=O)C(=Cc2ccco2)SC1=S. The molecule has 2 aromatic rings. The summed E-state index contributed by atoms with van der Waals surface area (Å²) in [5.74, 6) is 1.05. The first-order valence-corrected chi connectivity index (χ1v) is 7.37. The molecule has 0 saturated carbocycles. The van der Waals surface area contributed by atoms with Gasteiger partial charge in [0.25, 0.3) is 5.91 Å². The Morgan fingerprint density at radius 1 is 1.29 bits per heavy atom. The molecular weight excluding hydrogens is 306 g/mol. The molecule has 0 spiro atoms. The van der Waals surface area contributed by atoms with Gasteiger partial charge < -0.3 is 9.15 Å². The molecule has 2 heterocycles. The van der Waals surface area contributed by atoms with Crippen molar-refractivity contribution in [2.75, 3.05) is 12.0 Å². The average molecular weight is 317 g/mol. The molecule has 1 saturated heterocycles. The lowest BCUT2D eigenvalue weighted by atomic mass is 10.2. The number of anilines is 1. The molecule has 6 heteroatoms. The first-order valence-electron chi connectivity index (χ1n) is 6.15. The molecular formula is C15H11NO3S2. The number of hydrogen-bond donors (Lipinski definition) is 0. The van der Waals surface area contributed by atoms with Crippen LogP contribution in [-0.4, -0.2) is 17.3 Å². The molecule has 0 atom stereocenters. The highest BCUT2D eigenvalue weighted by Gasteiger charge is 2.34. The Labute approximate surface area is 131 Å². The topological polar surface area (TPSA) is 42.7 Å². The number of para-hydroxylation sites is 2. The van der Waals surface area contributed by atoms with Gasteiger partial charge in [0.05, 0.1) is 24.0 Å². The maximum atomic E-state index is 12.6. The summed E-state index contributed by atoms with van der Waals surface area (Å²) in [5, 5.41) is 0. The predicted octanol–water partition coefficient (Wildman–Crippen LogP) is 3.69. The smallest absolute Gasteiger partial charge is 0.271 e. The molecule has 1 aromatic heterocycles. The second kappa shape index (κ2) is 5.75. The fourth-order valence-electron chi connectivity index (χ4n) is 1.99. The lowest BCUT2D eigenvalue weighted by Gasteiger charge is -2.17. The highest BCUT2D eigenvalue weighted by molar-refractivity contribution is 8.27. The van der Waals surface area contributed by atoms with Gasteiger partial charge in [-0.1, -0.05) is 36.1 Å². The van der Waals surface area contributed by atoms with E-state index in [1.165, 1.54) is 16.7 Å². The van der Waals surface area contributed by atoms with Gasteiger partial charge in [-0.3, -0.25) is 9.69 Å². The summed E-state index contributed by atoms with van der Waals surface area (Å²) in [6, 6.07) is 10.8. The van der Waals surface area contributed by atoms with E-state index in [-0.39, 0.29) is 5.91 Å². The van der Waals surface area contributed by atoms with E-state index in [1.54, 1.807) is 43.7 Å². The van der Waals surface area contributed by atoms with E-state index in [0.717, 1.165) is 0 Å². The van der Waals surface area contributed by atoms with Crippen molar-refractivity contribution < 1.29 is 13.9 Å². The van der Waals surface area contributed by atoms with Gasteiger partial charge in [0.2, 0.25) is 0 Å². The molecule has 1 amide bonds. The van der Waals surface area contributed by atoms with E-state index < -0.39 is 0 Å². The number of thiocarbonyl (C=S) groups is 1. The molecule has 21 heavy (non-hydrogen) atoms. The zero-order chi connectivity index (χ0) is 14.8.